The third kappa shape index (κ3) is 2.85. The first-order valence-electron chi connectivity index (χ1n) is 7.55. The molecule has 0 saturated heterocycles. The predicted octanol–water partition coefficient (Wildman–Crippen LogP) is 2.91. The first-order chi connectivity index (χ1) is 12.3. The molecule has 1 aliphatic rings. The van der Waals surface area contributed by atoms with Gasteiger partial charge < -0.3 is 4.84 Å². The van der Waals surface area contributed by atoms with Crippen LogP contribution in [0.5, 0.6) is 0 Å². The lowest BCUT2D eigenvalue weighted by Gasteiger charge is -2.13. The molecule has 7 nitrogen and oxygen atoms in total. The van der Waals surface area contributed by atoms with Crippen LogP contribution in [0.3, 0.4) is 0 Å². The van der Waals surface area contributed by atoms with Gasteiger partial charge in [-0.1, -0.05) is 22.0 Å². The largest absolute Gasteiger partial charge is 0.388 e. The summed E-state index contributed by atoms with van der Waals surface area (Å²) >= 11 is 3.54. The lowest BCUT2D eigenvalue weighted by Crippen LogP contribution is -2.11. The highest BCUT2D eigenvalue weighted by atomic mass is 79.9. The number of pyridine rings is 1. The summed E-state index contributed by atoms with van der Waals surface area (Å²) in [5.74, 6) is 1.38. The Morgan fingerprint density at radius 2 is 2.16 bits per heavy atom. The number of hydrogen-bond donors (Lipinski definition) is 0. The van der Waals surface area contributed by atoms with Crippen LogP contribution < -0.4 is 0 Å². The van der Waals surface area contributed by atoms with E-state index in [-0.39, 0.29) is 6.61 Å². The fourth-order valence-corrected chi connectivity index (χ4v) is 3.14. The summed E-state index contributed by atoms with van der Waals surface area (Å²) in [6.07, 6.45) is 1.76. The highest BCUT2D eigenvalue weighted by Crippen LogP contribution is 2.28. The minimum Gasteiger partial charge on any atom is -0.388 e. The zero-order valence-electron chi connectivity index (χ0n) is 13.1. The predicted molar refractivity (Wildman–Crippen MR) is 97.0 cm³/mol. The van der Waals surface area contributed by atoms with Crippen LogP contribution in [0.4, 0.5) is 0 Å². The fraction of sp³-hybridized carbons (Fsp3) is 0.118. The summed E-state index contributed by atoms with van der Waals surface area (Å²) in [4.78, 5) is 14.3. The minimum absolute atomic E-state index is 0.185. The van der Waals surface area contributed by atoms with Gasteiger partial charge in [0, 0.05) is 23.0 Å². The Morgan fingerprint density at radius 1 is 1.24 bits per heavy atom. The molecule has 0 aliphatic carbocycles. The van der Waals surface area contributed by atoms with Crippen LogP contribution >= 0.6 is 15.9 Å². The molecule has 0 amide bonds. The Morgan fingerprint density at radius 3 is 2.96 bits per heavy atom. The van der Waals surface area contributed by atoms with Crippen LogP contribution in [0.15, 0.2) is 57.2 Å². The van der Waals surface area contributed by atoms with Crippen LogP contribution in [-0.4, -0.2) is 32.2 Å². The van der Waals surface area contributed by atoms with Crippen molar-refractivity contribution in [1.29, 1.82) is 0 Å². The molecule has 1 aromatic carbocycles. The molecule has 0 bridgehead atoms. The summed E-state index contributed by atoms with van der Waals surface area (Å²) in [5, 5.41) is 11.9. The Hall–Kier alpha value is -2.87. The fourth-order valence-electron chi connectivity index (χ4n) is 2.78. The van der Waals surface area contributed by atoms with Gasteiger partial charge in [0.05, 0.1) is 17.1 Å². The van der Waals surface area contributed by atoms with Crippen LogP contribution in [0, 0.1) is 0 Å². The van der Waals surface area contributed by atoms with Crippen molar-refractivity contribution in [2.75, 3.05) is 0 Å². The second-order valence-corrected chi connectivity index (χ2v) is 6.23. The molecular weight excluding hydrogens is 384 g/mol. The third-order valence-electron chi connectivity index (χ3n) is 3.82. The molecule has 0 radical (unpaired) electrons. The van der Waals surface area contributed by atoms with E-state index in [9.17, 15) is 0 Å². The topological polar surface area (TPSA) is 77.5 Å². The molecule has 0 atom stereocenters. The number of fused-ring (bicyclic) bond motifs is 3. The Balaban J connectivity index is 1.92. The number of hydrogen-bond acceptors (Lipinski definition) is 6. The molecule has 2 aromatic heterocycles. The number of aromatic nitrogens is 4. The number of oxime groups is 1. The molecule has 3 heterocycles. The quantitative estimate of drug-likeness (QED) is 0.501. The summed E-state index contributed by atoms with van der Waals surface area (Å²) in [6, 6.07) is 11.8. The van der Waals surface area contributed by atoms with Gasteiger partial charge in [-0.25, -0.2) is 0 Å². The van der Waals surface area contributed by atoms with Crippen molar-refractivity contribution in [2.45, 2.75) is 13.2 Å². The Bertz CT molecular complexity index is 967. The Kier molecular flexibility index (Phi) is 4.10. The highest BCUT2D eigenvalue weighted by molar-refractivity contribution is 9.10. The number of aliphatic imine (C=N–C) groups is 1. The molecule has 0 saturated carbocycles. The van der Waals surface area contributed by atoms with E-state index in [1.807, 2.05) is 41.0 Å². The molecule has 0 spiro atoms. The SMILES string of the molecule is C=NOCc1nnc2n1-c1ccc(Br)cc1C(c1ccccn1)=NC2. The van der Waals surface area contributed by atoms with Gasteiger partial charge in [0.25, 0.3) is 0 Å². The van der Waals surface area contributed by atoms with E-state index in [0.717, 1.165) is 33.0 Å². The van der Waals surface area contributed by atoms with Crippen molar-refractivity contribution >= 4 is 28.4 Å². The van der Waals surface area contributed by atoms with E-state index in [1.54, 1.807) is 6.20 Å². The van der Waals surface area contributed by atoms with Gasteiger partial charge in [0.1, 0.15) is 6.54 Å². The highest BCUT2D eigenvalue weighted by Gasteiger charge is 2.23. The maximum absolute atomic E-state index is 5.07. The number of benzene rings is 1. The lowest BCUT2D eigenvalue weighted by atomic mass is 10.0. The smallest absolute Gasteiger partial charge is 0.178 e. The molecule has 0 fully saturated rings. The normalized spacial score (nSPS) is 12.6. The van der Waals surface area contributed by atoms with Gasteiger partial charge in [-0.3, -0.25) is 14.5 Å². The first kappa shape index (κ1) is 15.6. The van der Waals surface area contributed by atoms with Gasteiger partial charge in [-0.15, -0.1) is 15.4 Å². The van der Waals surface area contributed by atoms with E-state index >= 15 is 0 Å². The van der Waals surface area contributed by atoms with Crippen molar-refractivity contribution in [3.05, 3.63) is 70.0 Å². The van der Waals surface area contributed by atoms with Crippen molar-refractivity contribution in [2.24, 2.45) is 10.1 Å². The van der Waals surface area contributed by atoms with Crippen molar-refractivity contribution in [1.82, 2.24) is 19.7 Å². The molecule has 124 valence electrons. The minimum atomic E-state index is 0.185. The second-order valence-electron chi connectivity index (χ2n) is 5.31. The number of nitrogens with zero attached hydrogens (tertiary/aromatic N) is 6. The van der Waals surface area contributed by atoms with Crippen molar-refractivity contribution in [3.8, 4) is 5.69 Å². The first-order valence-corrected chi connectivity index (χ1v) is 8.34. The van der Waals surface area contributed by atoms with Crippen LogP contribution in [0.25, 0.3) is 5.69 Å². The molecule has 0 N–H and O–H groups in total. The zero-order chi connectivity index (χ0) is 17.2. The van der Waals surface area contributed by atoms with Gasteiger partial charge in [0.2, 0.25) is 0 Å². The summed E-state index contributed by atoms with van der Waals surface area (Å²) in [7, 11) is 0. The van der Waals surface area contributed by atoms with E-state index in [1.165, 1.54) is 0 Å². The monoisotopic (exact) mass is 396 g/mol. The molecule has 25 heavy (non-hydrogen) atoms. The van der Waals surface area contributed by atoms with E-state index in [2.05, 4.69) is 43.0 Å². The van der Waals surface area contributed by atoms with Crippen LogP contribution in [0.1, 0.15) is 22.9 Å². The van der Waals surface area contributed by atoms with Crippen molar-refractivity contribution in [3.63, 3.8) is 0 Å². The lowest BCUT2D eigenvalue weighted by molar-refractivity contribution is 0.126. The maximum Gasteiger partial charge on any atom is 0.178 e. The summed E-state index contributed by atoms with van der Waals surface area (Å²) in [6.45, 7) is 3.91. The van der Waals surface area contributed by atoms with Gasteiger partial charge in [0.15, 0.2) is 18.3 Å². The summed E-state index contributed by atoms with van der Waals surface area (Å²) < 4.78 is 2.91. The molecule has 1 aliphatic heterocycles. The molecule has 4 rings (SSSR count). The van der Waals surface area contributed by atoms with Gasteiger partial charge in [-0.2, -0.15) is 0 Å². The Labute approximate surface area is 152 Å². The van der Waals surface area contributed by atoms with E-state index < -0.39 is 0 Å². The molecule has 8 heteroatoms. The van der Waals surface area contributed by atoms with Crippen LogP contribution in [0.2, 0.25) is 0 Å². The average molecular weight is 397 g/mol. The number of halogens is 1. The molecule has 0 unspecified atom stereocenters. The van der Waals surface area contributed by atoms with E-state index in [4.69, 9.17) is 9.83 Å². The average Bonchev–Trinajstić information content (AvgIpc) is 2.96. The van der Waals surface area contributed by atoms with Crippen LogP contribution in [-0.2, 0) is 18.0 Å². The molecular formula is C17H13BrN6O. The molecule has 3 aromatic rings. The number of rotatable bonds is 4. The van der Waals surface area contributed by atoms with Crippen molar-refractivity contribution < 1.29 is 4.84 Å². The third-order valence-corrected chi connectivity index (χ3v) is 4.32. The second kappa shape index (κ2) is 6.56. The maximum atomic E-state index is 5.07. The zero-order valence-corrected chi connectivity index (χ0v) is 14.7. The van der Waals surface area contributed by atoms with E-state index in [0.29, 0.717) is 12.4 Å². The summed E-state index contributed by atoms with van der Waals surface area (Å²) in [5.41, 5.74) is 3.49. The standard InChI is InChI=1S/C17H13BrN6O/c1-19-25-10-16-23-22-15-9-21-17(13-4-2-3-7-20-13)12-8-11(18)5-6-14(12)24(15)16/h2-8H,1,9-10H2. The van der Waals surface area contributed by atoms with Gasteiger partial charge >= 0.3 is 0 Å². The van der Waals surface area contributed by atoms with Gasteiger partial charge in [-0.05, 0) is 30.3 Å².